The van der Waals surface area contributed by atoms with Gasteiger partial charge in [-0.2, -0.15) is 10.4 Å². The van der Waals surface area contributed by atoms with E-state index in [1.807, 2.05) is 0 Å². The molecular formula is C24H30FN7O3. The third-order valence-corrected chi connectivity index (χ3v) is 6.73. The van der Waals surface area contributed by atoms with Crippen molar-refractivity contribution in [3.05, 3.63) is 41.8 Å². The summed E-state index contributed by atoms with van der Waals surface area (Å²) in [4.78, 5) is 28.5. The number of primary amides is 1. The van der Waals surface area contributed by atoms with Crippen LogP contribution in [0.15, 0.2) is 30.5 Å². The highest BCUT2D eigenvalue weighted by Gasteiger charge is 2.35. The molecule has 2 fully saturated rings. The lowest BCUT2D eigenvalue weighted by Gasteiger charge is -2.35. The van der Waals surface area contributed by atoms with Crippen molar-refractivity contribution in [3.63, 3.8) is 0 Å². The minimum Gasteiger partial charge on any atom is -0.449 e. The smallest absolute Gasteiger partial charge is 0.409 e. The fourth-order valence-corrected chi connectivity index (χ4v) is 4.56. The van der Waals surface area contributed by atoms with Gasteiger partial charge in [0.1, 0.15) is 11.4 Å². The van der Waals surface area contributed by atoms with Crippen LogP contribution in [0.4, 0.5) is 20.7 Å². The molecule has 1 aromatic carbocycles. The van der Waals surface area contributed by atoms with Crippen molar-refractivity contribution in [3.8, 4) is 6.07 Å². The Morgan fingerprint density at radius 1 is 1.23 bits per heavy atom. The van der Waals surface area contributed by atoms with E-state index in [0.717, 1.165) is 25.9 Å². The Bertz CT molecular complexity index is 1090. The predicted octanol–water partition coefficient (Wildman–Crippen LogP) is 2.73. The molecule has 0 unspecified atom stereocenters. The fraction of sp³-hybridized carbons (Fsp3) is 0.500. The summed E-state index contributed by atoms with van der Waals surface area (Å²) in [7, 11) is 2.09. The van der Waals surface area contributed by atoms with Crippen LogP contribution in [-0.4, -0.2) is 71.4 Å². The number of halogens is 1. The van der Waals surface area contributed by atoms with Gasteiger partial charge >= 0.3 is 6.09 Å². The molecule has 186 valence electrons. The number of nitriles is 1. The highest BCUT2D eigenvalue weighted by molar-refractivity contribution is 5.98. The molecule has 0 bridgehead atoms. The number of nitrogens with two attached hydrogens (primary N) is 1. The van der Waals surface area contributed by atoms with Crippen molar-refractivity contribution in [2.75, 3.05) is 45.2 Å². The average Bonchev–Trinajstić information content (AvgIpc) is 3.28. The van der Waals surface area contributed by atoms with Gasteiger partial charge in [0.2, 0.25) is 0 Å². The van der Waals surface area contributed by atoms with Gasteiger partial charge in [-0.1, -0.05) is 0 Å². The summed E-state index contributed by atoms with van der Waals surface area (Å²) in [5.74, 6) is -1.02. The van der Waals surface area contributed by atoms with E-state index >= 15 is 0 Å². The van der Waals surface area contributed by atoms with E-state index in [1.54, 1.807) is 9.58 Å². The molecule has 35 heavy (non-hydrogen) atoms. The van der Waals surface area contributed by atoms with Crippen molar-refractivity contribution in [1.29, 1.82) is 5.26 Å². The van der Waals surface area contributed by atoms with Crippen LogP contribution in [0.25, 0.3) is 0 Å². The number of benzene rings is 1. The highest BCUT2D eigenvalue weighted by Crippen LogP contribution is 2.30. The van der Waals surface area contributed by atoms with Crippen LogP contribution in [0.1, 0.15) is 35.7 Å². The zero-order chi connectivity index (χ0) is 24.9. The number of nitrogens with zero attached hydrogens (tertiary/aromatic N) is 5. The summed E-state index contributed by atoms with van der Waals surface area (Å²) in [6, 6.07) is 7.54. The molecule has 3 heterocycles. The number of likely N-dealkylation sites (tertiary alicyclic amines) is 2. The molecule has 10 nitrogen and oxygen atoms in total. The van der Waals surface area contributed by atoms with Gasteiger partial charge in [0, 0.05) is 25.0 Å². The lowest BCUT2D eigenvalue weighted by atomic mass is 9.94. The fourth-order valence-electron chi connectivity index (χ4n) is 4.56. The number of amides is 2. The number of aromatic nitrogens is 2. The summed E-state index contributed by atoms with van der Waals surface area (Å²) in [5.41, 5.74) is 6.24. The second-order valence-corrected chi connectivity index (χ2v) is 9.23. The maximum atomic E-state index is 13.2. The Kier molecular flexibility index (Phi) is 7.51. The number of anilines is 2. The van der Waals surface area contributed by atoms with Crippen LogP contribution in [-0.2, 0) is 4.74 Å². The number of ether oxygens (including phenoxy) is 1. The van der Waals surface area contributed by atoms with Gasteiger partial charge in [-0.15, -0.1) is 0 Å². The van der Waals surface area contributed by atoms with E-state index in [0.29, 0.717) is 31.2 Å². The van der Waals surface area contributed by atoms with E-state index in [9.17, 15) is 19.2 Å². The predicted molar refractivity (Wildman–Crippen MR) is 126 cm³/mol. The maximum Gasteiger partial charge on any atom is 0.409 e. The Morgan fingerprint density at radius 2 is 1.94 bits per heavy atom. The molecule has 1 aromatic heterocycles. The molecule has 0 radical (unpaired) electrons. The first-order valence-electron chi connectivity index (χ1n) is 11.8. The van der Waals surface area contributed by atoms with Crippen molar-refractivity contribution in [1.82, 2.24) is 19.6 Å². The van der Waals surface area contributed by atoms with E-state index in [2.05, 4.69) is 28.4 Å². The summed E-state index contributed by atoms with van der Waals surface area (Å²) in [6.45, 7) is 3.00. The highest BCUT2D eigenvalue weighted by atomic mass is 19.1. The topological polar surface area (TPSA) is 130 Å². The van der Waals surface area contributed by atoms with Gasteiger partial charge in [0.25, 0.3) is 5.91 Å². The lowest BCUT2D eigenvalue weighted by Crippen LogP contribution is -2.45. The average molecular weight is 484 g/mol. The molecule has 2 aliphatic rings. The molecule has 0 spiro atoms. The Labute approximate surface area is 203 Å². The van der Waals surface area contributed by atoms with Crippen LogP contribution < -0.4 is 11.1 Å². The van der Waals surface area contributed by atoms with Gasteiger partial charge in [-0.05, 0) is 69.6 Å². The molecule has 0 saturated carbocycles. The normalized spacial score (nSPS) is 21.3. The number of hydrogen-bond acceptors (Lipinski definition) is 7. The van der Waals surface area contributed by atoms with Gasteiger partial charge in [-0.3, -0.25) is 9.48 Å². The van der Waals surface area contributed by atoms with Gasteiger partial charge < -0.3 is 25.6 Å². The molecule has 3 N–H and O–H groups in total. The number of carbonyl (C=O) groups excluding carboxylic acids is 2. The van der Waals surface area contributed by atoms with E-state index in [4.69, 9.17) is 10.5 Å². The monoisotopic (exact) mass is 483 g/mol. The minimum atomic E-state index is -0.677. The molecule has 2 aromatic rings. The van der Waals surface area contributed by atoms with Crippen LogP contribution in [0.3, 0.4) is 0 Å². The number of rotatable bonds is 6. The minimum absolute atomic E-state index is 0.158. The first kappa shape index (κ1) is 24.5. The second-order valence-electron chi connectivity index (χ2n) is 9.23. The van der Waals surface area contributed by atoms with E-state index in [-0.39, 0.29) is 29.8 Å². The van der Waals surface area contributed by atoms with Gasteiger partial charge in [-0.25, -0.2) is 9.18 Å². The first-order valence-corrected chi connectivity index (χ1v) is 11.8. The van der Waals surface area contributed by atoms with Gasteiger partial charge in [0.05, 0.1) is 24.6 Å². The third-order valence-electron chi connectivity index (χ3n) is 6.73. The molecule has 2 atom stereocenters. The second kappa shape index (κ2) is 10.7. The maximum absolute atomic E-state index is 13.2. The summed E-state index contributed by atoms with van der Waals surface area (Å²) >= 11 is 0. The number of piperidine rings is 2. The van der Waals surface area contributed by atoms with E-state index in [1.165, 1.54) is 30.5 Å². The summed E-state index contributed by atoms with van der Waals surface area (Å²) < 4.78 is 20.3. The Balaban J connectivity index is 1.40. The summed E-state index contributed by atoms with van der Waals surface area (Å²) in [5, 5.41) is 17.3. The van der Waals surface area contributed by atoms with Crippen molar-refractivity contribution in [2.45, 2.75) is 25.3 Å². The standard InChI is InChI=1S/C24H30FN7O3/c1-30-9-6-16(7-10-30)15-35-24(34)31-11-8-21(17(12-26)13-31)32-14-20(22(27)33)23(29-32)28-19-4-2-18(25)3-5-19/h2-5,14,16-17,21H,6-11,13,15H2,1H3,(H2,27,33)(H,28,29)/t17-,21-/m1/s1. The van der Waals surface area contributed by atoms with Crippen molar-refractivity contribution in [2.24, 2.45) is 17.6 Å². The molecule has 0 aliphatic carbocycles. The van der Waals surface area contributed by atoms with Crippen molar-refractivity contribution < 1.29 is 18.7 Å². The molecule has 11 heteroatoms. The largest absolute Gasteiger partial charge is 0.449 e. The Hall–Kier alpha value is -3.65. The third kappa shape index (κ3) is 5.89. The van der Waals surface area contributed by atoms with Crippen LogP contribution in [0, 0.1) is 29.0 Å². The lowest BCUT2D eigenvalue weighted by molar-refractivity contribution is 0.0569. The Morgan fingerprint density at radius 3 is 2.60 bits per heavy atom. The molecular weight excluding hydrogens is 453 g/mol. The van der Waals surface area contributed by atoms with Crippen LogP contribution in [0.5, 0.6) is 0 Å². The molecule has 2 aliphatic heterocycles. The summed E-state index contributed by atoms with van der Waals surface area (Å²) in [6.07, 6.45) is 3.58. The first-order chi connectivity index (χ1) is 16.8. The number of nitrogens with one attached hydrogen (secondary N) is 1. The zero-order valence-electron chi connectivity index (χ0n) is 19.7. The molecule has 4 rings (SSSR count). The van der Waals surface area contributed by atoms with Crippen LogP contribution >= 0.6 is 0 Å². The molecule has 2 amide bonds. The molecule has 2 saturated heterocycles. The quantitative estimate of drug-likeness (QED) is 0.646. The van der Waals surface area contributed by atoms with Crippen molar-refractivity contribution >= 4 is 23.5 Å². The van der Waals surface area contributed by atoms with Gasteiger partial charge in [0.15, 0.2) is 5.82 Å². The number of hydrogen-bond donors (Lipinski definition) is 2. The zero-order valence-corrected chi connectivity index (χ0v) is 19.7. The van der Waals surface area contributed by atoms with E-state index < -0.39 is 17.9 Å². The van der Waals surface area contributed by atoms with Crippen LogP contribution in [0.2, 0.25) is 0 Å². The SMILES string of the molecule is CN1CCC(COC(=O)N2CC[C@@H](n3cc(C(N)=O)c(Nc4ccc(F)cc4)n3)[C@H](C#N)C2)CC1. The number of carbonyl (C=O) groups is 2.